The molecule has 1 saturated carbocycles. The van der Waals surface area contributed by atoms with Crippen LogP contribution in [0.15, 0.2) is 24.3 Å². The predicted molar refractivity (Wildman–Crippen MR) is 77.3 cm³/mol. The van der Waals surface area contributed by atoms with E-state index in [2.05, 4.69) is 41.0 Å². The van der Waals surface area contributed by atoms with Crippen LogP contribution in [-0.2, 0) is 11.2 Å². The molecule has 19 heavy (non-hydrogen) atoms. The summed E-state index contributed by atoms with van der Waals surface area (Å²) in [5.41, 5.74) is 2.76. The average molecular weight is 258 g/mol. The van der Waals surface area contributed by atoms with Crippen molar-refractivity contribution in [2.24, 2.45) is 5.92 Å². The lowest BCUT2D eigenvalue weighted by molar-refractivity contribution is -0.132. The molecule has 3 heteroatoms. The van der Waals surface area contributed by atoms with Crippen molar-refractivity contribution >= 4 is 11.6 Å². The molecule has 2 aliphatic rings. The molecule has 1 aromatic carbocycles. The third-order valence-electron chi connectivity index (χ3n) is 4.23. The first-order valence-corrected chi connectivity index (χ1v) is 7.41. The minimum atomic E-state index is 0.356. The van der Waals surface area contributed by atoms with Gasteiger partial charge in [0.1, 0.15) is 0 Å². The zero-order chi connectivity index (χ0) is 13.2. The summed E-state index contributed by atoms with van der Waals surface area (Å²) in [5.74, 6) is 0.748. The van der Waals surface area contributed by atoms with Crippen LogP contribution in [0.2, 0.25) is 0 Å². The van der Waals surface area contributed by atoms with E-state index in [0.717, 1.165) is 45.4 Å². The molecule has 1 amide bonds. The predicted octanol–water partition coefficient (Wildman–Crippen LogP) is 2.31. The number of hydrogen-bond acceptors (Lipinski definition) is 2. The highest BCUT2D eigenvalue weighted by Gasteiger charge is 2.34. The summed E-state index contributed by atoms with van der Waals surface area (Å²) in [7, 11) is 0. The lowest BCUT2D eigenvalue weighted by Crippen LogP contribution is -2.49. The molecule has 3 nitrogen and oxygen atoms in total. The molecule has 0 spiro atoms. The molecule has 0 unspecified atom stereocenters. The molecule has 0 radical (unpaired) electrons. The normalized spacial score (nSPS) is 19.6. The van der Waals surface area contributed by atoms with Gasteiger partial charge in [-0.15, -0.1) is 0 Å². The molecule has 1 heterocycles. The van der Waals surface area contributed by atoms with E-state index in [4.69, 9.17) is 0 Å². The number of nitrogens with zero attached hydrogens (tertiary/aromatic N) is 2. The van der Waals surface area contributed by atoms with Crippen molar-refractivity contribution in [3.63, 3.8) is 0 Å². The Labute approximate surface area is 115 Å². The maximum Gasteiger partial charge on any atom is 0.225 e. The Hall–Kier alpha value is -1.51. The van der Waals surface area contributed by atoms with Gasteiger partial charge in [0, 0.05) is 37.8 Å². The summed E-state index contributed by atoms with van der Waals surface area (Å²) in [5, 5.41) is 0. The fourth-order valence-electron chi connectivity index (χ4n) is 2.87. The minimum Gasteiger partial charge on any atom is -0.368 e. The second-order valence-electron chi connectivity index (χ2n) is 5.57. The summed E-state index contributed by atoms with van der Waals surface area (Å²) in [6.45, 7) is 5.90. The Morgan fingerprint density at radius 1 is 1.16 bits per heavy atom. The Bertz CT molecular complexity index is 460. The fourth-order valence-corrected chi connectivity index (χ4v) is 2.87. The average Bonchev–Trinajstić information content (AvgIpc) is 3.31. The molecule has 2 fully saturated rings. The quantitative estimate of drug-likeness (QED) is 0.830. The Balaban J connectivity index is 1.64. The number of benzene rings is 1. The molecule has 1 saturated heterocycles. The van der Waals surface area contributed by atoms with Gasteiger partial charge >= 0.3 is 0 Å². The van der Waals surface area contributed by atoms with E-state index in [1.54, 1.807) is 0 Å². The highest BCUT2D eigenvalue weighted by Crippen LogP contribution is 2.31. The molecular weight excluding hydrogens is 236 g/mol. The van der Waals surface area contributed by atoms with E-state index < -0.39 is 0 Å². The summed E-state index contributed by atoms with van der Waals surface area (Å²) in [4.78, 5) is 16.5. The summed E-state index contributed by atoms with van der Waals surface area (Å²) in [6, 6.07) is 8.62. The first-order chi connectivity index (χ1) is 9.29. The number of anilines is 1. The smallest absolute Gasteiger partial charge is 0.225 e. The third-order valence-corrected chi connectivity index (χ3v) is 4.23. The molecule has 0 atom stereocenters. The second kappa shape index (κ2) is 5.24. The van der Waals surface area contributed by atoms with E-state index in [1.807, 2.05) is 0 Å². The van der Waals surface area contributed by atoms with Crippen LogP contribution in [-0.4, -0.2) is 37.0 Å². The van der Waals surface area contributed by atoms with Crippen molar-refractivity contribution in [2.45, 2.75) is 26.2 Å². The van der Waals surface area contributed by atoms with Crippen molar-refractivity contribution < 1.29 is 4.79 Å². The molecule has 1 aromatic rings. The maximum absolute atomic E-state index is 12.0. The number of carbonyl (C=O) groups is 1. The SMILES string of the molecule is CCc1ccccc1N1CCN(C(=O)C2CC2)CC1. The van der Waals surface area contributed by atoms with Gasteiger partial charge in [-0.25, -0.2) is 0 Å². The van der Waals surface area contributed by atoms with Crippen LogP contribution < -0.4 is 4.90 Å². The standard InChI is InChI=1S/C16H22N2O/c1-2-13-5-3-4-6-15(13)17-9-11-18(12-10-17)16(19)14-7-8-14/h3-6,14H,2,7-12H2,1H3. The van der Waals surface area contributed by atoms with Gasteiger partial charge in [0.25, 0.3) is 0 Å². The van der Waals surface area contributed by atoms with E-state index >= 15 is 0 Å². The number of piperazine rings is 1. The van der Waals surface area contributed by atoms with E-state index in [0.29, 0.717) is 11.8 Å². The molecule has 102 valence electrons. The lowest BCUT2D eigenvalue weighted by atomic mass is 10.1. The van der Waals surface area contributed by atoms with Crippen molar-refractivity contribution in [3.8, 4) is 0 Å². The molecule has 0 aromatic heterocycles. The fraction of sp³-hybridized carbons (Fsp3) is 0.562. The van der Waals surface area contributed by atoms with Gasteiger partial charge in [-0.3, -0.25) is 4.79 Å². The van der Waals surface area contributed by atoms with Crippen molar-refractivity contribution in [1.29, 1.82) is 0 Å². The van der Waals surface area contributed by atoms with Crippen LogP contribution in [0.25, 0.3) is 0 Å². The van der Waals surface area contributed by atoms with Crippen LogP contribution in [0.4, 0.5) is 5.69 Å². The summed E-state index contributed by atoms with van der Waals surface area (Å²) in [6.07, 6.45) is 3.28. The first-order valence-electron chi connectivity index (χ1n) is 7.41. The third kappa shape index (κ3) is 2.60. The van der Waals surface area contributed by atoms with Gasteiger partial charge in [-0.1, -0.05) is 25.1 Å². The summed E-state index contributed by atoms with van der Waals surface area (Å²) >= 11 is 0. The number of carbonyl (C=O) groups excluding carboxylic acids is 1. The number of rotatable bonds is 3. The largest absolute Gasteiger partial charge is 0.368 e. The Morgan fingerprint density at radius 3 is 2.47 bits per heavy atom. The van der Waals surface area contributed by atoms with Crippen LogP contribution in [0.3, 0.4) is 0 Å². The monoisotopic (exact) mass is 258 g/mol. The molecule has 1 aliphatic carbocycles. The van der Waals surface area contributed by atoms with Gasteiger partial charge in [0.15, 0.2) is 0 Å². The van der Waals surface area contributed by atoms with Gasteiger partial charge in [-0.2, -0.15) is 0 Å². The van der Waals surface area contributed by atoms with Gasteiger partial charge in [0.2, 0.25) is 5.91 Å². The van der Waals surface area contributed by atoms with Gasteiger partial charge < -0.3 is 9.80 Å². The van der Waals surface area contributed by atoms with Gasteiger partial charge in [-0.05, 0) is 30.9 Å². The Morgan fingerprint density at radius 2 is 1.84 bits per heavy atom. The van der Waals surface area contributed by atoms with E-state index in [1.165, 1.54) is 11.3 Å². The topological polar surface area (TPSA) is 23.6 Å². The van der Waals surface area contributed by atoms with Crippen molar-refractivity contribution in [3.05, 3.63) is 29.8 Å². The van der Waals surface area contributed by atoms with Crippen LogP contribution in [0, 0.1) is 5.92 Å². The minimum absolute atomic E-state index is 0.356. The van der Waals surface area contributed by atoms with Crippen LogP contribution >= 0.6 is 0 Å². The second-order valence-corrected chi connectivity index (χ2v) is 5.57. The number of para-hydroxylation sites is 1. The van der Waals surface area contributed by atoms with Crippen molar-refractivity contribution in [1.82, 2.24) is 4.90 Å². The molecule has 0 bridgehead atoms. The number of aryl methyl sites for hydroxylation is 1. The highest BCUT2D eigenvalue weighted by atomic mass is 16.2. The first kappa shape index (κ1) is 12.5. The van der Waals surface area contributed by atoms with E-state index in [-0.39, 0.29) is 0 Å². The van der Waals surface area contributed by atoms with Crippen LogP contribution in [0.1, 0.15) is 25.3 Å². The zero-order valence-electron chi connectivity index (χ0n) is 11.6. The van der Waals surface area contributed by atoms with Crippen molar-refractivity contribution in [2.75, 3.05) is 31.1 Å². The molecular formula is C16H22N2O. The molecule has 3 rings (SSSR count). The van der Waals surface area contributed by atoms with E-state index in [9.17, 15) is 4.79 Å². The van der Waals surface area contributed by atoms with Crippen LogP contribution in [0.5, 0.6) is 0 Å². The highest BCUT2D eigenvalue weighted by molar-refractivity contribution is 5.81. The zero-order valence-corrected chi connectivity index (χ0v) is 11.6. The summed E-state index contributed by atoms with van der Waals surface area (Å²) < 4.78 is 0. The number of amides is 1. The molecule has 0 N–H and O–H groups in total. The lowest BCUT2D eigenvalue weighted by Gasteiger charge is -2.37. The van der Waals surface area contributed by atoms with Gasteiger partial charge in [0.05, 0.1) is 0 Å². The number of hydrogen-bond donors (Lipinski definition) is 0. The Kier molecular flexibility index (Phi) is 3.45. The maximum atomic E-state index is 12.0. The molecule has 1 aliphatic heterocycles.